The molecule has 0 saturated carbocycles. The normalized spacial score (nSPS) is 12.4. The van der Waals surface area contributed by atoms with Crippen molar-refractivity contribution in [2.24, 2.45) is 0 Å². The first-order valence-corrected chi connectivity index (χ1v) is 6.50. The van der Waals surface area contributed by atoms with Gasteiger partial charge in [-0.05, 0) is 19.5 Å². The zero-order valence-corrected chi connectivity index (χ0v) is 11.6. The van der Waals surface area contributed by atoms with E-state index in [1.54, 1.807) is 7.11 Å². The van der Waals surface area contributed by atoms with Crippen molar-refractivity contribution >= 4 is 0 Å². The Balaban J connectivity index is 2.41. The summed E-state index contributed by atoms with van der Waals surface area (Å²) in [4.78, 5) is 0. The number of rotatable bonds is 6. The lowest BCUT2D eigenvalue weighted by atomic mass is 10.0. The summed E-state index contributed by atoms with van der Waals surface area (Å²) < 4.78 is 7.37. The number of nitrogens with zero attached hydrogens (tertiary/aromatic N) is 3. The van der Waals surface area contributed by atoms with Crippen molar-refractivity contribution in [2.45, 2.75) is 25.9 Å². The number of hydrogen-bond acceptors (Lipinski definition) is 4. The van der Waals surface area contributed by atoms with Gasteiger partial charge in [0, 0.05) is 12.1 Å². The van der Waals surface area contributed by atoms with Crippen molar-refractivity contribution in [3.8, 4) is 5.75 Å². The summed E-state index contributed by atoms with van der Waals surface area (Å²) in [5.74, 6) is 0.867. The molecule has 0 radical (unpaired) electrons. The second-order valence-electron chi connectivity index (χ2n) is 4.35. The SMILES string of the molecule is CCCn1nncc1C(NC)c1ccccc1OC. The van der Waals surface area contributed by atoms with Crippen LogP contribution in [0.2, 0.25) is 0 Å². The Hall–Kier alpha value is -1.88. The number of methoxy groups -OCH3 is 1. The van der Waals surface area contributed by atoms with Crippen molar-refractivity contribution in [3.05, 3.63) is 41.7 Å². The van der Waals surface area contributed by atoms with Gasteiger partial charge in [-0.1, -0.05) is 30.3 Å². The molecular formula is C14H20N4O. The average Bonchev–Trinajstić information content (AvgIpc) is 2.89. The van der Waals surface area contributed by atoms with Crippen LogP contribution in [-0.2, 0) is 6.54 Å². The van der Waals surface area contributed by atoms with Crippen molar-refractivity contribution in [1.29, 1.82) is 0 Å². The van der Waals surface area contributed by atoms with Gasteiger partial charge in [-0.3, -0.25) is 0 Å². The van der Waals surface area contributed by atoms with Gasteiger partial charge in [0.1, 0.15) is 5.75 Å². The van der Waals surface area contributed by atoms with Crippen LogP contribution in [0.3, 0.4) is 0 Å². The molecule has 0 bridgehead atoms. The largest absolute Gasteiger partial charge is 0.496 e. The number of para-hydroxylation sites is 1. The molecule has 0 spiro atoms. The zero-order chi connectivity index (χ0) is 13.7. The molecule has 1 aromatic carbocycles. The van der Waals surface area contributed by atoms with Crippen molar-refractivity contribution < 1.29 is 4.74 Å². The first kappa shape index (κ1) is 13.5. The Morgan fingerprint density at radius 3 is 2.84 bits per heavy atom. The quantitative estimate of drug-likeness (QED) is 0.863. The predicted octanol–water partition coefficient (Wildman–Crippen LogP) is 2.01. The minimum absolute atomic E-state index is 0.0256. The predicted molar refractivity (Wildman–Crippen MR) is 74.2 cm³/mol. The fraction of sp³-hybridized carbons (Fsp3) is 0.429. The maximum absolute atomic E-state index is 5.44. The van der Waals surface area contributed by atoms with Crippen LogP contribution in [0.25, 0.3) is 0 Å². The van der Waals surface area contributed by atoms with E-state index < -0.39 is 0 Å². The zero-order valence-electron chi connectivity index (χ0n) is 11.6. The molecule has 1 atom stereocenters. The Labute approximate surface area is 113 Å². The van der Waals surface area contributed by atoms with Gasteiger partial charge in [-0.25, -0.2) is 4.68 Å². The lowest BCUT2D eigenvalue weighted by Gasteiger charge is -2.19. The lowest BCUT2D eigenvalue weighted by molar-refractivity contribution is 0.403. The summed E-state index contributed by atoms with van der Waals surface area (Å²) in [6.45, 7) is 2.99. The molecule has 1 aromatic heterocycles. The molecule has 2 rings (SSSR count). The number of benzene rings is 1. The maximum atomic E-state index is 5.44. The molecule has 0 saturated heterocycles. The standard InChI is InChI=1S/C14H20N4O/c1-4-9-18-12(10-16-17-18)14(15-2)11-7-5-6-8-13(11)19-3/h5-8,10,14-15H,4,9H2,1-3H3. The highest BCUT2D eigenvalue weighted by molar-refractivity contribution is 5.39. The maximum Gasteiger partial charge on any atom is 0.124 e. The summed E-state index contributed by atoms with van der Waals surface area (Å²) in [6.07, 6.45) is 2.84. The highest BCUT2D eigenvalue weighted by atomic mass is 16.5. The van der Waals surface area contributed by atoms with Gasteiger partial charge in [0.05, 0.1) is 25.0 Å². The van der Waals surface area contributed by atoms with Gasteiger partial charge >= 0.3 is 0 Å². The summed E-state index contributed by atoms with van der Waals surface area (Å²) in [7, 11) is 3.62. The number of aryl methyl sites for hydroxylation is 1. The Kier molecular flexibility index (Phi) is 4.52. The smallest absolute Gasteiger partial charge is 0.124 e. The summed E-state index contributed by atoms with van der Waals surface area (Å²) in [5.41, 5.74) is 2.14. The molecule has 1 heterocycles. The Morgan fingerprint density at radius 1 is 1.37 bits per heavy atom. The second kappa shape index (κ2) is 6.33. The minimum atomic E-state index is 0.0256. The Morgan fingerprint density at radius 2 is 2.16 bits per heavy atom. The first-order chi connectivity index (χ1) is 9.31. The third-order valence-electron chi connectivity index (χ3n) is 3.12. The van der Waals surface area contributed by atoms with E-state index in [-0.39, 0.29) is 6.04 Å². The van der Waals surface area contributed by atoms with E-state index in [2.05, 4.69) is 28.6 Å². The molecule has 1 unspecified atom stereocenters. The molecule has 5 nitrogen and oxygen atoms in total. The van der Waals surface area contributed by atoms with Crippen molar-refractivity contribution in [3.63, 3.8) is 0 Å². The van der Waals surface area contributed by atoms with Gasteiger partial charge in [-0.2, -0.15) is 0 Å². The number of hydrogen-bond donors (Lipinski definition) is 1. The Bertz CT molecular complexity index is 524. The fourth-order valence-electron chi connectivity index (χ4n) is 2.24. The van der Waals surface area contributed by atoms with Crippen LogP contribution < -0.4 is 10.1 Å². The molecule has 0 aliphatic heterocycles. The third kappa shape index (κ3) is 2.76. The molecule has 19 heavy (non-hydrogen) atoms. The highest BCUT2D eigenvalue weighted by Gasteiger charge is 2.20. The van der Waals surface area contributed by atoms with Gasteiger partial charge < -0.3 is 10.1 Å². The summed E-state index contributed by atoms with van der Waals surface area (Å²) in [5, 5.41) is 11.5. The van der Waals surface area contributed by atoms with Crippen LogP contribution in [0.15, 0.2) is 30.5 Å². The molecule has 0 fully saturated rings. The van der Waals surface area contributed by atoms with Crippen LogP contribution in [-0.4, -0.2) is 29.2 Å². The molecule has 5 heteroatoms. The van der Waals surface area contributed by atoms with E-state index in [1.165, 1.54) is 0 Å². The first-order valence-electron chi connectivity index (χ1n) is 6.50. The molecule has 2 aromatic rings. The number of ether oxygens (including phenoxy) is 1. The number of nitrogens with one attached hydrogen (secondary N) is 1. The van der Waals surface area contributed by atoms with Crippen molar-refractivity contribution in [1.82, 2.24) is 20.3 Å². The van der Waals surface area contributed by atoms with Gasteiger partial charge in [0.25, 0.3) is 0 Å². The van der Waals surface area contributed by atoms with E-state index >= 15 is 0 Å². The van der Waals surface area contributed by atoms with Crippen LogP contribution in [0.1, 0.15) is 30.6 Å². The van der Waals surface area contributed by atoms with E-state index in [0.717, 1.165) is 30.0 Å². The van der Waals surface area contributed by atoms with Crippen LogP contribution >= 0.6 is 0 Å². The van der Waals surface area contributed by atoms with Gasteiger partial charge in [0.2, 0.25) is 0 Å². The van der Waals surface area contributed by atoms with Crippen LogP contribution in [0.4, 0.5) is 0 Å². The highest BCUT2D eigenvalue weighted by Crippen LogP contribution is 2.29. The summed E-state index contributed by atoms with van der Waals surface area (Å²) >= 11 is 0. The third-order valence-corrected chi connectivity index (χ3v) is 3.12. The number of aromatic nitrogens is 3. The van der Waals surface area contributed by atoms with E-state index in [9.17, 15) is 0 Å². The molecule has 0 aliphatic carbocycles. The minimum Gasteiger partial charge on any atom is -0.496 e. The average molecular weight is 260 g/mol. The van der Waals surface area contributed by atoms with E-state index in [4.69, 9.17) is 4.74 Å². The molecule has 0 amide bonds. The van der Waals surface area contributed by atoms with Gasteiger partial charge in [0.15, 0.2) is 0 Å². The molecular weight excluding hydrogens is 240 g/mol. The topological polar surface area (TPSA) is 52.0 Å². The lowest BCUT2D eigenvalue weighted by Crippen LogP contribution is -2.22. The second-order valence-corrected chi connectivity index (χ2v) is 4.35. The fourth-order valence-corrected chi connectivity index (χ4v) is 2.24. The van der Waals surface area contributed by atoms with E-state index in [1.807, 2.05) is 36.1 Å². The van der Waals surface area contributed by atoms with Crippen LogP contribution in [0, 0.1) is 0 Å². The van der Waals surface area contributed by atoms with Crippen molar-refractivity contribution in [2.75, 3.05) is 14.2 Å². The molecule has 1 N–H and O–H groups in total. The van der Waals surface area contributed by atoms with E-state index in [0.29, 0.717) is 0 Å². The monoisotopic (exact) mass is 260 g/mol. The van der Waals surface area contributed by atoms with Crippen LogP contribution in [0.5, 0.6) is 5.75 Å². The molecule has 102 valence electrons. The summed E-state index contributed by atoms with van der Waals surface area (Å²) in [6, 6.07) is 8.03. The molecule has 0 aliphatic rings. The van der Waals surface area contributed by atoms with Gasteiger partial charge in [-0.15, -0.1) is 5.10 Å².